The number of hydrogen-bond donors (Lipinski definition) is 1. The van der Waals surface area contributed by atoms with Crippen LogP contribution in [0.15, 0.2) is 30.3 Å². The van der Waals surface area contributed by atoms with Crippen molar-refractivity contribution in [3.05, 3.63) is 58.7 Å². The minimum atomic E-state index is -1.28. The fourth-order valence-corrected chi connectivity index (χ4v) is 4.54. The molecule has 31 heavy (non-hydrogen) atoms. The summed E-state index contributed by atoms with van der Waals surface area (Å²) >= 11 is 0. The van der Waals surface area contributed by atoms with Crippen molar-refractivity contribution < 1.29 is 18.8 Å². The van der Waals surface area contributed by atoms with Gasteiger partial charge in [-0.05, 0) is 57.9 Å². The molecule has 1 aliphatic heterocycles. The second kappa shape index (κ2) is 8.65. The van der Waals surface area contributed by atoms with Gasteiger partial charge in [-0.25, -0.2) is 9.18 Å². The zero-order valence-electron chi connectivity index (χ0n) is 18.8. The molecule has 1 aromatic heterocycles. The van der Waals surface area contributed by atoms with Gasteiger partial charge in [-0.2, -0.15) is 0 Å². The van der Waals surface area contributed by atoms with E-state index in [9.17, 15) is 18.8 Å². The van der Waals surface area contributed by atoms with Crippen molar-refractivity contribution in [3.63, 3.8) is 0 Å². The third kappa shape index (κ3) is 4.01. The lowest BCUT2D eigenvalue weighted by Gasteiger charge is -2.27. The third-order valence-electron chi connectivity index (χ3n) is 6.02. The Balaban J connectivity index is 1.92. The van der Waals surface area contributed by atoms with Crippen LogP contribution in [-0.2, 0) is 10.3 Å². The van der Waals surface area contributed by atoms with E-state index in [1.54, 1.807) is 6.07 Å². The lowest BCUT2D eigenvalue weighted by Crippen LogP contribution is -2.44. The number of hydrogen-bond acceptors (Lipinski definition) is 3. The zero-order chi connectivity index (χ0) is 22.9. The van der Waals surface area contributed by atoms with Crippen molar-refractivity contribution in [2.24, 2.45) is 0 Å². The number of aromatic nitrogens is 1. The quantitative estimate of drug-likeness (QED) is 0.493. The number of amides is 3. The number of benzene rings is 1. The molecule has 1 saturated heterocycles. The molecule has 0 unspecified atom stereocenters. The van der Waals surface area contributed by atoms with E-state index in [4.69, 9.17) is 0 Å². The Kier molecular flexibility index (Phi) is 6.34. The number of nitrogens with one attached hydrogen (secondary N) is 1. The first-order valence-electron chi connectivity index (χ1n) is 10.7. The smallest absolute Gasteiger partial charge is 0.325 e. The molecule has 1 atom stereocenters. The predicted molar refractivity (Wildman–Crippen MR) is 116 cm³/mol. The fraction of sp³-hybridized carbons (Fsp3) is 0.458. The molecule has 6 nitrogen and oxygen atoms in total. The molecule has 0 bridgehead atoms. The highest BCUT2D eigenvalue weighted by molar-refractivity contribution is 6.11. The van der Waals surface area contributed by atoms with Gasteiger partial charge in [-0.3, -0.25) is 14.5 Å². The molecule has 1 aliphatic rings. The Hall–Kier alpha value is -2.96. The summed E-state index contributed by atoms with van der Waals surface area (Å²) in [5.41, 5.74) is 1.53. The average Bonchev–Trinajstić information content (AvgIpc) is 3.15. The van der Waals surface area contributed by atoms with Gasteiger partial charge in [0.2, 0.25) is 0 Å². The minimum Gasteiger partial charge on any atom is -0.346 e. The van der Waals surface area contributed by atoms with Crippen LogP contribution in [0.25, 0.3) is 0 Å². The van der Waals surface area contributed by atoms with Crippen molar-refractivity contribution in [2.75, 3.05) is 6.54 Å². The van der Waals surface area contributed by atoms with Crippen LogP contribution < -0.4 is 5.32 Å². The maximum atomic E-state index is 13.5. The molecule has 3 amide bonds. The van der Waals surface area contributed by atoms with Gasteiger partial charge in [0, 0.05) is 23.0 Å². The molecule has 3 rings (SSSR count). The van der Waals surface area contributed by atoms with E-state index in [0.29, 0.717) is 24.0 Å². The summed E-state index contributed by atoms with van der Waals surface area (Å²) in [7, 11) is 0. The molecule has 7 heteroatoms. The third-order valence-corrected chi connectivity index (χ3v) is 6.02. The lowest BCUT2D eigenvalue weighted by molar-refractivity contribution is -0.131. The largest absolute Gasteiger partial charge is 0.346 e. The van der Waals surface area contributed by atoms with Crippen molar-refractivity contribution >= 4 is 17.7 Å². The molecule has 0 spiro atoms. The molecule has 0 saturated carbocycles. The summed E-state index contributed by atoms with van der Waals surface area (Å²) in [4.78, 5) is 40.3. The van der Waals surface area contributed by atoms with Gasteiger partial charge in [0.25, 0.3) is 5.91 Å². The van der Waals surface area contributed by atoms with E-state index in [1.807, 2.05) is 34.6 Å². The number of nitrogens with zero attached hydrogens (tertiary/aromatic N) is 2. The predicted octanol–water partition coefficient (Wildman–Crippen LogP) is 4.65. The van der Waals surface area contributed by atoms with E-state index in [1.165, 1.54) is 24.3 Å². The van der Waals surface area contributed by atoms with Crippen LogP contribution in [0.2, 0.25) is 0 Å². The van der Waals surface area contributed by atoms with Crippen LogP contribution in [0, 0.1) is 19.7 Å². The van der Waals surface area contributed by atoms with Crippen LogP contribution in [0.1, 0.15) is 73.4 Å². The Morgan fingerprint density at radius 3 is 2.35 bits per heavy atom. The highest BCUT2D eigenvalue weighted by atomic mass is 19.1. The van der Waals surface area contributed by atoms with Crippen LogP contribution in [0.5, 0.6) is 0 Å². The monoisotopic (exact) mass is 427 g/mol. The first-order valence-corrected chi connectivity index (χ1v) is 10.7. The molecule has 1 N–H and O–H groups in total. The second-order valence-corrected chi connectivity index (χ2v) is 8.51. The van der Waals surface area contributed by atoms with Gasteiger partial charge in [0.1, 0.15) is 11.4 Å². The summed E-state index contributed by atoms with van der Waals surface area (Å²) in [5, 5.41) is 2.80. The van der Waals surface area contributed by atoms with E-state index in [-0.39, 0.29) is 18.4 Å². The molecule has 1 fully saturated rings. The van der Waals surface area contributed by atoms with Gasteiger partial charge >= 0.3 is 6.03 Å². The van der Waals surface area contributed by atoms with E-state index in [0.717, 1.165) is 22.7 Å². The van der Waals surface area contributed by atoms with Crippen LogP contribution >= 0.6 is 0 Å². The van der Waals surface area contributed by atoms with Gasteiger partial charge < -0.3 is 9.88 Å². The van der Waals surface area contributed by atoms with Crippen LogP contribution in [0.4, 0.5) is 9.18 Å². The molecule has 2 aromatic rings. The highest BCUT2D eigenvalue weighted by Gasteiger charge is 2.52. The average molecular weight is 428 g/mol. The number of carbonyl (C=O) groups excluding carboxylic acids is 3. The molecule has 166 valence electrons. The molecule has 0 aliphatic carbocycles. The van der Waals surface area contributed by atoms with Crippen molar-refractivity contribution in [2.45, 2.75) is 65.5 Å². The number of urea groups is 1. The second-order valence-electron chi connectivity index (χ2n) is 8.51. The number of Topliss-reactive ketones (excluding diaryl/α,β-unsaturated/α-hetero) is 1. The van der Waals surface area contributed by atoms with E-state index < -0.39 is 23.3 Å². The van der Waals surface area contributed by atoms with Gasteiger partial charge in [0.15, 0.2) is 5.78 Å². The van der Waals surface area contributed by atoms with Crippen molar-refractivity contribution in [3.8, 4) is 0 Å². The molecular formula is C24H30FN3O3. The Bertz CT molecular complexity index is 1010. The maximum absolute atomic E-state index is 13.5. The van der Waals surface area contributed by atoms with Gasteiger partial charge in [0.05, 0.1) is 6.54 Å². The van der Waals surface area contributed by atoms with E-state index >= 15 is 0 Å². The lowest BCUT2D eigenvalue weighted by atomic mass is 9.84. The fourth-order valence-electron chi connectivity index (χ4n) is 4.54. The number of halogens is 1. The first kappa shape index (κ1) is 22.7. The Morgan fingerprint density at radius 1 is 1.16 bits per heavy atom. The number of aryl methyl sites for hydroxylation is 1. The summed E-state index contributed by atoms with van der Waals surface area (Å²) in [5.74, 6) is -1.17. The molecule has 1 aromatic carbocycles. The summed E-state index contributed by atoms with van der Waals surface area (Å²) in [6, 6.07) is 6.99. The highest BCUT2D eigenvalue weighted by Crippen LogP contribution is 2.34. The number of unbranched alkanes of at least 4 members (excludes halogenated alkanes) is 1. The standard InChI is InChI=1S/C24H30FN3O3/c1-6-7-12-24(18-8-10-19(25)11-9-18)22(30)27(23(31)26-24)14-21(29)20-13-16(4)28(15(2)3)17(20)5/h8-11,13,15H,6-7,12,14H2,1-5H3,(H,26,31)/t24-/m0/s1. The normalized spacial score (nSPS) is 18.7. The van der Waals surface area contributed by atoms with Crippen LogP contribution in [0.3, 0.4) is 0 Å². The number of rotatable bonds is 8. The Labute approximate surface area is 182 Å². The number of imide groups is 1. The SMILES string of the molecule is CCCC[C@@]1(c2ccc(F)cc2)NC(=O)N(CC(=O)c2cc(C)n(C(C)C)c2C)C1=O. The first-order chi connectivity index (χ1) is 14.6. The molecule has 2 heterocycles. The molecular weight excluding hydrogens is 397 g/mol. The van der Waals surface area contributed by atoms with Crippen molar-refractivity contribution in [1.82, 2.24) is 14.8 Å². The van der Waals surface area contributed by atoms with Crippen LogP contribution in [-0.4, -0.2) is 33.7 Å². The number of carbonyl (C=O) groups is 3. The minimum absolute atomic E-state index is 0.193. The van der Waals surface area contributed by atoms with E-state index in [2.05, 4.69) is 9.88 Å². The topological polar surface area (TPSA) is 71.4 Å². The summed E-state index contributed by atoms with van der Waals surface area (Å²) in [6.45, 7) is 9.54. The molecule has 0 radical (unpaired) electrons. The van der Waals surface area contributed by atoms with Crippen molar-refractivity contribution in [1.29, 1.82) is 0 Å². The maximum Gasteiger partial charge on any atom is 0.325 e. The zero-order valence-corrected chi connectivity index (χ0v) is 18.8. The van der Waals surface area contributed by atoms with Gasteiger partial charge in [-0.15, -0.1) is 0 Å². The van der Waals surface area contributed by atoms with Gasteiger partial charge in [-0.1, -0.05) is 31.9 Å². The summed E-state index contributed by atoms with van der Waals surface area (Å²) in [6.07, 6.45) is 1.90. The Morgan fingerprint density at radius 2 is 1.81 bits per heavy atom. The number of ketones is 1. The summed E-state index contributed by atoms with van der Waals surface area (Å²) < 4.78 is 15.5.